The van der Waals surface area contributed by atoms with Gasteiger partial charge >= 0.3 is 6.09 Å². The number of halogens is 1. The highest BCUT2D eigenvalue weighted by atomic mass is 127. The van der Waals surface area contributed by atoms with E-state index in [1.54, 1.807) is 7.05 Å². The number of carbonyl (C=O) groups excluding carboxylic acids is 1. The summed E-state index contributed by atoms with van der Waals surface area (Å²) < 4.78 is 5.47. The van der Waals surface area contributed by atoms with Gasteiger partial charge in [0.1, 0.15) is 5.60 Å². The summed E-state index contributed by atoms with van der Waals surface area (Å²) in [6, 6.07) is 0. The number of likely N-dealkylation sites (tertiary alicyclic amines) is 1. The minimum absolute atomic E-state index is 0. The number of nitrogens with one attached hydrogen (secondary N) is 2. The second kappa shape index (κ2) is 11.8. The summed E-state index contributed by atoms with van der Waals surface area (Å²) in [6.07, 6.45) is 4.14. The van der Waals surface area contributed by atoms with Gasteiger partial charge < -0.3 is 20.3 Å². The Morgan fingerprint density at radius 1 is 1.29 bits per heavy atom. The quantitative estimate of drug-likeness (QED) is 0.381. The van der Waals surface area contributed by atoms with Crippen molar-refractivity contribution >= 4 is 36.0 Å². The Hall–Kier alpha value is -0.730. The van der Waals surface area contributed by atoms with Crippen LogP contribution in [0.1, 0.15) is 53.4 Å². The molecule has 0 aromatic carbocycles. The molecule has 0 aliphatic carbocycles. The van der Waals surface area contributed by atoms with Crippen molar-refractivity contribution in [3.05, 3.63) is 0 Å². The van der Waals surface area contributed by atoms with Crippen LogP contribution in [0.3, 0.4) is 0 Å². The van der Waals surface area contributed by atoms with Crippen molar-refractivity contribution in [1.29, 1.82) is 0 Å². The molecule has 142 valence electrons. The van der Waals surface area contributed by atoms with Crippen molar-refractivity contribution in [2.75, 3.05) is 33.2 Å². The van der Waals surface area contributed by atoms with E-state index in [0.29, 0.717) is 5.92 Å². The molecule has 1 aliphatic heterocycles. The van der Waals surface area contributed by atoms with Crippen molar-refractivity contribution in [3.63, 3.8) is 0 Å². The normalized spacial score (nSPS) is 18.6. The van der Waals surface area contributed by atoms with Crippen LogP contribution in [0.2, 0.25) is 0 Å². The van der Waals surface area contributed by atoms with Gasteiger partial charge in [0, 0.05) is 33.2 Å². The van der Waals surface area contributed by atoms with E-state index in [1.807, 2.05) is 25.7 Å². The number of ether oxygens (including phenoxy) is 1. The third kappa shape index (κ3) is 9.54. The number of hydrogen-bond acceptors (Lipinski definition) is 3. The highest BCUT2D eigenvalue weighted by Crippen LogP contribution is 2.21. The minimum Gasteiger partial charge on any atom is -0.444 e. The first-order chi connectivity index (χ1) is 10.9. The Balaban J connectivity index is 0.00000529. The van der Waals surface area contributed by atoms with Gasteiger partial charge in [-0.2, -0.15) is 0 Å². The lowest BCUT2D eigenvalue weighted by atomic mass is 9.95. The summed E-state index contributed by atoms with van der Waals surface area (Å²) in [5.41, 5.74) is -0.428. The molecule has 0 radical (unpaired) electrons. The molecule has 1 saturated heterocycles. The van der Waals surface area contributed by atoms with Gasteiger partial charge in [0.15, 0.2) is 5.96 Å². The fraction of sp³-hybridized carbons (Fsp3) is 0.882. The van der Waals surface area contributed by atoms with Gasteiger partial charge in [-0.1, -0.05) is 6.92 Å². The topological polar surface area (TPSA) is 66.0 Å². The molecule has 0 spiro atoms. The highest BCUT2D eigenvalue weighted by Gasteiger charge is 2.27. The Morgan fingerprint density at radius 3 is 2.54 bits per heavy atom. The molecular formula is C17H35IN4O2. The standard InChI is InChI=1S/C17H34N4O2.HI/c1-6-10-19-15(18-5)20-11-9-14-8-7-12-21(13-14)16(22)23-17(2,3)4;/h14H,6-13H2,1-5H3,(H2,18,19,20);1H. The van der Waals surface area contributed by atoms with Gasteiger partial charge in [0.2, 0.25) is 0 Å². The predicted octanol–water partition coefficient (Wildman–Crippen LogP) is 3.22. The molecule has 24 heavy (non-hydrogen) atoms. The summed E-state index contributed by atoms with van der Waals surface area (Å²) in [5.74, 6) is 1.37. The third-order valence-electron chi connectivity index (χ3n) is 3.78. The number of nitrogens with zero attached hydrogens (tertiary/aromatic N) is 2. The van der Waals surface area contributed by atoms with Crippen molar-refractivity contribution in [1.82, 2.24) is 15.5 Å². The molecule has 1 amide bonds. The number of rotatable bonds is 5. The average molecular weight is 454 g/mol. The molecule has 0 aromatic heterocycles. The lowest BCUT2D eigenvalue weighted by molar-refractivity contribution is 0.0162. The van der Waals surface area contributed by atoms with Crippen LogP contribution in [-0.4, -0.2) is 55.8 Å². The Morgan fingerprint density at radius 2 is 1.96 bits per heavy atom. The van der Waals surface area contributed by atoms with Crippen LogP contribution in [0, 0.1) is 5.92 Å². The second-order valence-corrected chi connectivity index (χ2v) is 7.15. The maximum Gasteiger partial charge on any atom is 0.410 e. The van der Waals surface area contributed by atoms with Crippen LogP contribution in [0.25, 0.3) is 0 Å². The van der Waals surface area contributed by atoms with Gasteiger partial charge in [-0.3, -0.25) is 4.99 Å². The second-order valence-electron chi connectivity index (χ2n) is 7.15. The van der Waals surface area contributed by atoms with Gasteiger partial charge in [-0.05, 0) is 52.4 Å². The minimum atomic E-state index is -0.428. The first-order valence-electron chi connectivity index (χ1n) is 8.78. The Labute approximate surface area is 164 Å². The zero-order valence-electron chi connectivity index (χ0n) is 15.9. The van der Waals surface area contributed by atoms with E-state index in [-0.39, 0.29) is 30.1 Å². The van der Waals surface area contributed by atoms with Crippen molar-refractivity contribution in [2.45, 2.75) is 59.0 Å². The van der Waals surface area contributed by atoms with E-state index >= 15 is 0 Å². The summed E-state index contributed by atoms with van der Waals surface area (Å²) in [6.45, 7) is 11.2. The number of hydrogen-bond donors (Lipinski definition) is 2. The maximum atomic E-state index is 12.2. The molecule has 1 aliphatic rings. The van der Waals surface area contributed by atoms with Crippen LogP contribution in [0.15, 0.2) is 4.99 Å². The average Bonchev–Trinajstić information content (AvgIpc) is 2.49. The van der Waals surface area contributed by atoms with Gasteiger partial charge in [-0.25, -0.2) is 4.79 Å². The molecule has 0 bridgehead atoms. The lowest BCUT2D eigenvalue weighted by Gasteiger charge is -2.34. The molecule has 1 fully saturated rings. The van der Waals surface area contributed by atoms with E-state index < -0.39 is 5.60 Å². The summed E-state index contributed by atoms with van der Waals surface area (Å²) in [7, 11) is 1.79. The van der Waals surface area contributed by atoms with Crippen LogP contribution >= 0.6 is 24.0 Å². The van der Waals surface area contributed by atoms with Crippen molar-refractivity contribution in [3.8, 4) is 0 Å². The molecule has 0 aromatic rings. The zero-order valence-corrected chi connectivity index (χ0v) is 18.2. The first-order valence-corrected chi connectivity index (χ1v) is 8.78. The largest absolute Gasteiger partial charge is 0.444 e. The van der Waals surface area contributed by atoms with Crippen LogP contribution in [-0.2, 0) is 4.74 Å². The highest BCUT2D eigenvalue weighted by molar-refractivity contribution is 14.0. The molecule has 0 saturated carbocycles. The van der Waals surface area contributed by atoms with Gasteiger partial charge in [0.25, 0.3) is 0 Å². The smallest absolute Gasteiger partial charge is 0.410 e. The van der Waals surface area contributed by atoms with E-state index in [2.05, 4.69) is 22.5 Å². The van der Waals surface area contributed by atoms with Gasteiger partial charge in [0.05, 0.1) is 0 Å². The number of carbonyl (C=O) groups is 1. The van der Waals surface area contributed by atoms with E-state index in [1.165, 1.54) is 6.42 Å². The lowest BCUT2D eigenvalue weighted by Crippen LogP contribution is -2.44. The van der Waals surface area contributed by atoms with Crippen LogP contribution in [0.4, 0.5) is 4.79 Å². The fourth-order valence-corrected chi connectivity index (χ4v) is 2.65. The number of guanidine groups is 1. The molecule has 2 N–H and O–H groups in total. The fourth-order valence-electron chi connectivity index (χ4n) is 2.65. The zero-order chi connectivity index (χ0) is 17.3. The molecule has 6 nitrogen and oxygen atoms in total. The van der Waals surface area contributed by atoms with Crippen LogP contribution < -0.4 is 10.6 Å². The summed E-state index contributed by atoms with van der Waals surface area (Å²) in [4.78, 5) is 18.2. The number of aliphatic imine (C=N–C) groups is 1. The van der Waals surface area contributed by atoms with Crippen molar-refractivity contribution < 1.29 is 9.53 Å². The monoisotopic (exact) mass is 454 g/mol. The molecule has 1 heterocycles. The van der Waals surface area contributed by atoms with Crippen LogP contribution in [0.5, 0.6) is 0 Å². The molecule has 7 heteroatoms. The van der Waals surface area contributed by atoms with Crippen molar-refractivity contribution in [2.24, 2.45) is 10.9 Å². The van der Waals surface area contributed by atoms with E-state index in [9.17, 15) is 4.79 Å². The molecule has 1 unspecified atom stereocenters. The molecule has 1 atom stereocenters. The summed E-state index contributed by atoms with van der Waals surface area (Å²) >= 11 is 0. The van der Waals surface area contributed by atoms with E-state index in [0.717, 1.165) is 51.4 Å². The number of piperidine rings is 1. The summed E-state index contributed by atoms with van der Waals surface area (Å²) in [5, 5.41) is 6.60. The first kappa shape index (κ1) is 23.3. The maximum absolute atomic E-state index is 12.2. The third-order valence-corrected chi connectivity index (χ3v) is 3.78. The predicted molar refractivity (Wildman–Crippen MR) is 110 cm³/mol. The SMILES string of the molecule is CCCNC(=NC)NCCC1CCCN(C(=O)OC(C)(C)C)C1.I. The molecular weight excluding hydrogens is 419 g/mol. The van der Waals surface area contributed by atoms with Gasteiger partial charge in [-0.15, -0.1) is 24.0 Å². The van der Waals surface area contributed by atoms with E-state index in [4.69, 9.17) is 4.74 Å². The molecule has 1 rings (SSSR count). The number of amides is 1. The Bertz CT molecular complexity index is 397. The Kier molecular flexibility index (Phi) is 11.4.